The summed E-state index contributed by atoms with van der Waals surface area (Å²) in [7, 11) is -3.75. The molecule has 0 aliphatic carbocycles. The van der Waals surface area contributed by atoms with Gasteiger partial charge in [0.05, 0.1) is 10.6 Å². The van der Waals surface area contributed by atoms with Crippen molar-refractivity contribution in [3.63, 3.8) is 0 Å². The van der Waals surface area contributed by atoms with Crippen LogP contribution in [0.15, 0.2) is 39.1 Å². The van der Waals surface area contributed by atoms with Crippen molar-refractivity contribution < 1.29 is 18.0 Å². The van der Waals surface area contributed by atoms with E-state index in [2.05, 4.69) is 31.5 Å². The Labute approximate surface area is 130 Å². The number of nitrogens with zero attached hydrogens (tertiary/aromatic N) is 2. The van der Waals surface area contributed by atoms with Crippen LogP contribution >= 0.6 is 0 Å². The Bertz CT molecular complexity index is 844. The van der Waals surface area contributed by atoms with Crippen molar-refractivity contribution >= 4 is 39.3 Å². The predicted molar refractivity (Wildman–Crippen MR) is 79.9 cm³/mol. The van der Waals surface area contributed by atoms with E-state index in [1.807, 2.05) is 0 Å². The molecule has 3 amide bonds. The molecule has 11 nitrogen and oxygen atoms in total. The van der Waals surface area contributed by atoms with Crippen LogP contribution in [0.3, 0.4) is 0 Å². The fourth-order valence-corrected chi connectivity index (χ4v) is 2.42. The summed E-state index contributed by atoms with van der Waals surface area (Å²) in [6.07, 6.45) is -0.828. The molecule has 23 heavy (non-hydrogen) atoms. The van der Waals surface area contributed by atoms with E-state index in [1.54, 1.807) is 0 Å². The van der Waals surface area contributed by atoms with Gasteiger partial charge in [-0.1, -0.05) is 0 Å². The van der Waals surface area contributed by atoms with Gasteiger partial charge in [-0.15, -0.1) is 0 Å². The van der Waals surface area contributed by atoms with Crippen LogP contribution in [0.25, 0.3) is 0 Å². The van der Waals surface area contributed by atoms with Gasteiger partial charge in [-0.05, 0) is 24.3 Å². The Morgan fingerprint density at radius 3 is 2.48 bits per heavy atom. The molecule has 0 radical (unpaired) electrons. The van der Waals surface area contributed by atoms with E-state index < -0.39 is 28.1 Å². The lowest BCUT2D eigenvalue weighted by molar-refractivity contribution is -0.114. The van der Waals surface area contributed by atoms with Gasteiger partial charge in [-0.25, -0.2) is 28.3 Å². The van der Waals surface area contributed by atoms with Gasteiger partial charge in [-0.2, -0.15) is 0 Å². The van der Waals surface area contributed by atoms with E-state index in [1.165, 1.54) is 24.3 Å². The van der Waals surface area contributed by atoms with E-state index in [0.29, 0.717) is 5.69 Å². The molecule has 1 aromatic carbocycles. The lowest BCUT2D eigenvalue weighted by atomic mass is 10.2. The lowest BCUT2D eigenvalue weighted by Crippen LogP contribution is -2.57. The zero-order valence-electron chi connectivity index (χ0n) is 11.4. The fourth-order valence-electron chi connectivity index (χ4n) is 1.91. The van der Waals surface area contributed by atoms with Crippen LogP contribution in [-0.2, 0) is 14.8 Å². The number of primary sulfonamides is 1. The van der Waals surface area contributed by atoms with Gasteiger partial charge in [0.2, 0.25) is 16.0 Å². The molecule has 2 aliphatic heterocycles. The maximum Gasteiger partial charge on any atom is 0.323 e. The highest BCUT2D eigenvalue weighted by Gasteiger charge is 2.35. The molecule has 1 fully saturated rings. The van der Waals surface area contributed by atoms with E-state index >= 15 is 0 Å². The quantitative estimate of drug-likeness (QED) is 0.409. The van der Waals surface area contributed by atoms with E-state index in [-0.39, 0.29) is 16.6 Å². The number of amides is 3. The van der Waals surface area contributed by atoms with Crippen LogP contribution < -0.4 is 26.6 Å². The number of benzene rings is 1. The third-order valence-corrected chi connectivity index (χ3v) is 3.89. The number of carbonyl (C=O) groups excluding carboxylic acids is 2. The molecule has 12 heteroatoms. The summed E-state index contributed by atoms with van der Waals surface area (Å²) >= 11 is 0. The van der Waals surface area contributed by atoms with Crippen molar-refractivity contribution in [2.24, 2.45) is 15.1 Å². The zero-order valence-corrected chi connectivity index (χ0v) is 12.2. The number of nitrogens with two attached hydrogens (primary N) is 1. The second-order valence-electron chi connectivity index (χ2n) is 4.60. The van der Waals surface area contributed by atoms with Crippen LogP contribution in [0, 0.1) is 0 Å². The Morgan fingerprint density at radius 1 is 1.13 bits per heavy atom. The number of urea groups is 1. The number of hydrogen-bond acceptors (Lipinski definition) is 8. The van der Waals surface area contributed by atoms with Crippen molar-refractivity contribution in [1.29, 1.82) is 0 Å². The van der Waals surface area contributed by atoms with Gasteiger partial charge in [0.15, 0.2) is 11.9 Å². The number of hydrazine groups is 1. The second-order valence-corrected chi connectivity index (χ2v) is 6.16. The minimum atomic E-state index is -3.75. The minimum absolute atomic E-state index is 0.0214. The van der Waals surface area contributed by atoms with Gasteiger partial charge in [-0.3, -0.25) is 21.0 Å². The summed E-state index contributed by atoms with van der Waals surface area (Å²) in [5, 5.41) is 9.48. The third-order valence-electron chi connectivity index (χ3n) is 2.97. The van der Waals surface area contributed by atoms with Crippen molar-refractivity contribution in [2.45, 2.75) is 11.1 Å². The van der Waals surface area contributed by atoms with Crippen LogP contribution in [0.1, 0.15) is 0 Å². The maximum atomic E-state index is 11.5. The molecule has 1 atom stereocenters. The Hall–Kier alpha value is -2.99. The summed E-state index contributed by atoms with van der Waals surface area (Å²) in [6, 6.07) is 4.98. The number of guanidine groups is 1. The molecule has 120 valence electrons. The third kappa shape index (κ3) is 3.12. The number of nitrogens with one attached hydrogen (secondary N) is 4. The number of carbonyl (C=O) groups is 2. The van der Waals surface area contributed by atoms with Crippen LogP contribution in [-0.4, -0.2) is 38.2 Å². The van der Waals surface area contributed by atoms with Crippen LogP contribution in [0.4, 0.5) is 10.5 Å². The molecule has 3 rings (SSSR count). The number of rotatable bonds is 3. The number of aliphatic imine (C=N–C) groups is 2. The van der Waals surface area contributed by atoms with Crippen molar-refractivity contribution in [1.82, 2.24) is 16.1 Å². The summed E-state index contributed by atoms with van der Waals surface area (Å²) < 4.78 is 22.3. The van der Waals surface area contributed by atoms with E-state index in [4.69, 9.17) is 5.14 Å². The van der Waals surface area contributed by atoms with Gasteiger partial charge in [0.25, 0.3) is 5.91 Å². The first-order valence-electron chi connectivity index (χ1n) is 6.26. The van der Waals surface area contributed by atoms with Crippen molar-refractivity contribution in [3.05, 3.63) is 24.3 Å². The smallest absolute Gasteiger partial charge is 0.310 e. The fraction of sp³-hybridized carbons (Fsp3) is 0.0909. The minimum Gasteiger partial charge on any atom is -0.310 e. The maximum absolute atomic E-state index is 11.5. The summed E-state index contributed by atoms with van der Waals surface area (Å²) in [4.78, 5) is 30.6. The van der Waals surface area contributed by atoms with Gasteiger partial charge < -0.3 is 5.32 Å². The SMILES string of the molecule is NS(=O)(=O)c1ccc(NNC2=NC3NC(=O)NC(=O)C3=N2)cc1. The van der Waals surface area contributed by atoms with E-state index in [0.717, 1.165) is 0 Å². The molecule has 6 N–H and O–H groups in total. The molecule has 1 saturated heterocycles. The number of hydrogen-bond donors (Lipinski definition) is 5. The molecule has 2 aliphatic rings. The second kappa shape index (κ2) is 5.33. The monoisotopic (exact) mass is 337 g/mol. The number of fused-ring (bicyclic) bond motifs is 1. The first-order valence-corrected chi connectivity index (χ1v) is 7.81. The largest absolute Gasteiger partial charge is 0.323 e. The topological polar surface area (TPSA) is 167 Å². The molecule has 2 heterocycles. The Balaban J connectivity index is 1.66. The summed E-state index contributed by atoms with van der Waals surface area (Å²) in [5.74, 6) is -0.519. The van der Waals surface area contributed by atoms with Gasteiger partial charge in [0, 0.05) is 0 Å². The highest BCUT2D eigenvalue weighted by Crippen LogP contribution is 2.12. The Kier molecular flexibility index (Phi) is 3.46. The van der Waals surface area contributed by atoms with Crippen molar-refractivity contribution in [2.75, 3.05) is 5.43 Å². The predicted octanol–water partition coefficient (Wildman–Crippen LogP) is -1.77. The highest BCUT2D eigenvalue weighted by molar-refractivity contribution is 7.89. The first kappa shape index (κ1) is 14.9. The molecule has 0 aromatic heterocycles. The molecule has 0 spiro atoms. The zero-order chi connectivity index (χ0) is 16.6. The lowest BCUT2D eigenvalue weighted by Gasteiger charge is -2.17. The average Bonchev–Trinajstić information content (AvgIpc) is 2.88. The number of sulfonamides is 1. The molecule has 1 aromatic rings. The molecule has 0 saturated carbocycles. The molecule has 0 bridgehead atoms. The Morgan fingerprint density at radius 2 is 1.83 bits per heavy atom. The normalized spacial score (nSPS) is 20.0. The van der Waals surface area contributed by atoms with Crippen molar-refractivity contribution in [3.8, 4) is 0 Å². The first-order chi connectivity index (χ1) is 10.8. The number of anilines is 1. The standard InChI is InChI=1S/C11H11N7O4S/c12-23(21,22)6-3-1-5(2-4-6)17-18-10-13-7-8(14-10)15-11(20)16-9(7)19/h1-4,8,17H,(H,14,18)(H2,12,21,22)(H2,15,16,19,20). The highest BCUT2D eigenvalue weighted by atomic mass is 32.2. The van der Waals surface area contributed by atoms with Crippen LogP contribution in [0.2, 0.25) is 0 Å². The van der Waals surface area contributed by atoms with Gasteiger partial charge in [0.1, 0.15) is 0 Å². The van der Waals surface area contributed by atoms with Gasteiger partial charge >= 0.3 is 6.03 Å². The number of imide groups is 1. The summed E-state index contributed by atoms with van der Waals surface area (Å²) in [5.41, 5.74) is 5.97. The average molecular weight is 337 g/mol. The molecular weight excluding hydrogens is 326 g/mol. The van der Waals surface area contributed by atoms with E-state index in [9.17, 15) is 18.0 Å². The molecular formula is C11H11N7O4S. The van der Waals surface area contributed by atoms with Crippen LogP contribution in [0.5, 0.6) is 0 Å². The molecule has 1 unspecified atom stereocenters. The summed E-state index contributed by atoms with van der Waals surface area (Å²) in [6.45, 7) is 0.